The number of rotatable bonds is 10. The van der Waals surface area contributed by atoms with Crippen LogP contribution >= 0.6 is 0 Å². The van der Waals surface area contributed by atoms with Gasteiger partial charge in [0, 0.05) is 25.8 Å². The van der Waals surface area contributed by atoms with Gasteiger partial charge in [-0.3, -0.25) is 4.68 Å². The molecule has 1 fully saturated rings. The van der Waals surface area contributed by atoms with Gasteiger partial charge in [-0.15, -0.1) is 0 Å². The average Bonchev–Trinajstić information content (AvgIpc) is 3.16. The van der Waals surface area contributed by atoms with Crippen LogP contribution in [0.5, 0.6) is 0 Å². The molecule has 1 aromatic heterocycles. The van der Waals surface area contributed by atoms with Crippen LogP contribution in [0.4, 0.5) is 0 Å². The zero-order valence-corrected chi connectivity index (χ0v) is 13.8. The molecule has 1 N–H and O–H groups in total. The summed E-state index contributed by atoms with van der Waals surface area (Å²) in [6, 6.07) is 0. The van der Waals surface area contributed by atoms with Crippen LogP contribution in [0, 0.1) is 5.92 Å². The summed E-state index contributed by atoms with van der Waals surface area (Å²) in [7, 11) is -3.39. The van der Waals surface area contributed by atoms with Gasteiger partial charge in [0.1, 0.15) is 4.90 Å². The monoisotopic (exact) mass is 314 g/mol. The van der Waals surface area contributed by atoms with Crippen molar-refractivity contribution in [2.45, 2.75) is 44.6 Å². The number of aromatic nitrogens is 2. The Labute approximate surface area is 127 Å². The third-order valence-corrected chi connectivity index (χ3v) is 5.60. The van der Waals surface area contributed by atoms with E-state index in [0.717, 1.165) is 32.4 Å². The molecule has 0 bridgehead atoms. The Kier molecular flexibility index (Phi) is 5.78. The number of hydrogen-bond donors (Lipinski definition) is 1. The lowest BCUT2D eigenvalue weighted by Gasteiger charge is -2.19. The SMILES string of the molecule is CCCNCCn1cc(S(=O)(=O)N(CC)CC2CC2)cn1. The molecule has 1 aliphatic rings. The molecule has 1 saturated carbocycles. The summed E-state index contributed by atoms with van der Waals surface area (Å²) >= 11 is 0. The van der Waals surface area contributed by atoms with Gasteiger partial charge in [0.25, 0.3) is 0 Å². The second kappa shape index (κ2) is 7.38. The van der Waals surface area contributed by atoms with Crippen molar-refractivity contribution in [2.24, 2.45) is 5.92 Å². The molecule has 0 aliphatic heterocycles. The zero-order valence-electron chi connectivity index (χ0n) is 13.0. The third kappa shape index (κ3) is 4.52. The first kappa shape index (κ1) is 16.5. The molecule has 0 unspecified atom stereocenters. The first-order valence-electron chi connectivity index (χ1n) is 7.81. The Hall–Kier alpha value is -0.920. The highest BCUT2D eigenvalue weighted by atomic mass is 32.2. The third-order valence-electron chi connectivity index (χ3n) is 3.70. The molecule has 0 aromatic carbocycles. The predicted octanol–water partition coefficient (Wildman–Crippen LogP) is 1.30. The van der Waals surface area contributed by atoms with Crippen molar-refractivity contribution in [1.29, 1.82) is 0 Å². The summed E-state index contributed by atoms with van der Waals surface area (Å²) < 4.78 is 28.4. The quantitative estimate of drug-likeness (QED) is 0.661. The van der Waals surface area contributed by atoms with Crippen molar-refractivity contribution in [2.75, 3.05) is 26.2 Å². The van der Waals surface area contributed by atoms with Crippen LogP contribution in [0.2, 0.25) is 0 Å². The molecule has 0 spiro atoms. The fraction of sp³-hybridized carbons (Fsp3) is 0.786. The van der Waals surface area contributed by atoms with Crippen molar-refractivity contribution < 1.29 is 8.42 Å². The number of hydrogen-bond acceptors (Lipinski definition) is 4. The topological polar surface area (TPSA) is 67.2 Å². The van der Waals surface area contributed by atoms with E-state index in [4.69, 9.17) is 0 Å². The lowest BCUT2D eigenvalue weighted by Crippen LogP contribution is -2.32. The molecule has 6 nitrogen and oxygen atoms in total. The summed E-state index contributed by atoms with van der Waals surface area (Å²) in [5.41, 5.74) is 0. The Bertz CT molecular complexity index is 537. The lowest BCUT2D eigenvalue weighted by molar-refractivity contribution is 0.412. The molecular formula is C14H26N4O2S. The number of nitrogens with one attached hydrogen (secondary N) is 1. The first-order valence-corrected chi connectivity index (χ1v) is 9.25. The van der Waals surface area contributed by atoms with E-state index in [-0.39, 0.29) is 0 Å². The van der Waals surface area contributed by atoms with Crippen LogP contribution in [0.1, 0.15) is 33.1 Å². The minimum atomic E-state index is -3.39. The van der Waals surface area contributed by atoms with Crippen LogP contribution in [0.25, 0.3) is 0 Å². The molecule has 1 heterocycles. The molecule has 7 heteroatoms. The van der Waals surface area contributed by atoms with Crippen molar-refractivity contribution in [3.63, 3.8) is 0 Å². The molecule has 1 aromatic rings. The van der Waals surface area contributed by atoms with Gasteiger partial charge in [-0.25, -0.2) is 8.42 Å². The second-order valence-electron chi connectivity index (χ2n) is 5.59. The van der Waals surface area contributed by atoms with Crippen molar-refractivity contribution in [1.82, 2.24) is 19.4 Å². The zero-order chi connectivity index (χ0) is 15.3. The van der Waals surface area contributed by atoms with Gasteiger partial charge in [0.15, 0.2) is 0 Å². The van der Waals surface area contributed by atoms with E-state index in [9.17, 15) is 8.42 Å². The fourth-order valence-corrected chi connectivity index (χ4v) is 3.71. The predicted molar refractivity (Wildman–Crippen MR) is 82.5 cm³/mol. The molecule has 1 aliphatic carbocycles. The lowest BCUT2D eigenvalue weighted by atomic mass is 10.4. The Morgan fingerprint density at radius 2 is 2.14 bits per heavy atom. The van der Waals surface area contributed by atoms with Crippen LogP contribution < -0.4 is 5.32 Å². The Balaban J connectivity index is 1.97. The molecule has 2 rings (SSSR count). The summed E-state index contributed by atoms with van der Waals surface area (Å²) in [6.07, 6.45) is 6.48. The minimum Gasteiger partial charge on any atom is -0.315 e. The maximum absolute atomic E-state index is 12.6. The van der Waals surface area contributed by atoms with Gasteiger partial charge >= 0.3 is 0 Å². The van der Waals surface area contributed by atoms with E-state index in [0.29, 0.717) is 30.4 Å². The van der Waals surface area contributed by atoms with Gasteiger partial charge in [-0.1, -0.05) is 13.8 Å². The molecule has 21 heavy (non-hydrogen) atoms. The highest BCUT2D eigenvalue weighted by Crippen LogP contribution is 2.31. The molecule has 120 valence electrons. The summed E-state index contributed by atoms with van der Waals surface area (Å²) in [6.45, 7) is 7.62. The molecule has 0 radical (unpaired) electrons. The van der Waals surface area contributed by atoms with E-state index < -0.39 is 10.0 Å². The van der Waals surface area contributed by atoms with Crippen LogP contribution in [-0.2, 0) is 16.6 Å². The highest BCUT2D eigenvalue weighted by molar-refractivity contribution is 7.89. The van der Waals surface area contributed by atoms with E-state index >= 15 is 0 Å². The molecule has 0 atom stereocenters. The first-order chi connectivity index (χ1) is 10.1. The van der Waals surface area contributed by atoms with Crippen molar-refractivity contribution >= 4 is 10.0 Å². The second-order valence-corrected chi connectivity index (χ2v) is 7.53. The number of sulfonamides is 1. The summed E-state index contributed by atoms with van der Waals surface area (Å²) in [5, 5.41) is 7.44. The van der Waals surface area contributed by atoms with Gasteiger partial charge in [-0.05, 0) is 31.7 Å². The number of nitrogens with zero attached hydrogens (tertiary/aromatic N) is 3. The Morgan fingerprint density at radius 3 is 2.76 bits per heavy atom. The van der Waals surface area contributed by atoms with Crippen LogP contribution in [-0.4, -0.2) is 48.7 Å². The molecule has 0 saturated heterocycles. The summed E-state index contributed by atoms with van der Waals surface area (Å²) in [5.74, 6) is 0.549. The van der Waals surface area contributed by atoms with Gasteiger partial charge in [0.05, 0.1) is 12.7 Å². The van der Waals surface area contributed by atoms with E-state index in [2.05, 4.69) is 17.3 Å². The van der Waals surface area contributed by atoms with Gasteiger partial charge in [-0.2, -0.15) is 9.40 Å². The van der Waals surface area contributed by atoms with E-state index in [1.165, 1.54) is 6.20 Å². The fourth-order valence-electron chi connectivity index (χ4n) is 2.23. The van der Waals surface area contributed by atoms with E-state index in [1.807, 2.05) is 6.92 Å². The average molecular weight is 314 g/mol. The smallest absolute Gasteiger partial charge is 0.246 e. The van der Waals surface area contributed by atoms with Crippen LogP contribution in [0.15, 0.2) is 17.3 Å². The van der Waals surface area contributed by atoms with E-state index in [1.54, 1.807) is 15.2 Å². The normalized spacial score (nSPS) is 15.8. The maximum atomic E-state index is 12.6. The van der Waals surface area contributed by atoms with Crippen molar-refractivity contribution in [3.05, 3.63) is 12.4 Å². The molecule has 0 amide bonds. The van der Waals surface area contributed by atoms with Gasteiger partial charge < -0.3 is 5.32 Å². The maximum Gasteiger partial charge on any atom is 0.246 e. The summed E-state index contributed by atoms with van der Waals surface area (Å²) in [4.78, 5) is 0.306. The van der Waals surface area contributed by atoms with Crippen LogP contribution in [0.3, 0.4) is 0 Å². The standard InChI is InChI=1S/C14H26N4O2S/c1-3-7-15-8-9-17-12-14(10-16-17)21(19,20)18(4-2)11-13-5-6-13/h10,12-13,15H,3-9,11H2,1-2H3. The van der Waals surface area contributed by atoms with Gasteiger partial charge in [0.2, 0.25) is 10.0 Å². The highest BCUT2D eigenvalue weighted by Gasteiger charge is 2.31. The minimum absolute atomic E-state index is 0.306. The molecular weight excluding hydrogens is 288 g/mol. The largest absolute Gasteiger partial charge is 0.315 e. The Morgan fingerprint density at radius 1 is 1.38 bits per heavy atom. The van der Waals surface area contributed by atoms with Crippen molar-refractivity contribution in [3.8, 4) is 0 Å².